The fraction of sp³-hybridized carbons (Fsp3) is 0.833. The third kappa shape index (κ3) is 6.21. The van der Waals surface area contributed by atoms with Gasteiger partial charge in [0.05, 0.1) is 6.04 Å². The molecule has 0 heterocycles. The van der Waals surface area contributed by atoms with Crippen LogP contribution in [0, 0.1) is 17.8 Å². The second kappa shape index (κ2) is 9.06. The minimum Gasteiger partial charge on any atom is -0.481 e. The van der Waals surface area contributed by atoms with Crippen LogP contribution in [0.25, 0.3) is 0 Å². The number of carboxylic acids is 1. The number of nitrogens with zero attached hydrogens (tertiary/aromatic N) is 1. The van der Waals surface area contributed by atoms with Crippen molar-refractivity contribution in [3.63, 3.8) is 0 Å². The molecular formula is C18H32N4O3. The first-order valence-corrected chi connectivity index (χ1v) is 9.46. The predicted octanol–water partition coefficient (Wildman–Crippen LogP) is 1.60. The largest absolute Gasteiger partial charge is 0.481 e. The lowest BCUT2D eigenvalue weighted by Crippen LogP contribution is -2.43. The molecule has 0 aromatic rings. The third-order valence-electron chi connectivity index (χ3n) is 5.77. The number of carbonyl (C=O) groups is 2. The number of amides is 1. The second-order valence-corrected chi connectivity index (χ2v) is 7.77. The summed E-state index contributed by atoms with van der Waals surface area (Å²) in [6, 6.07) is 0.270. The van der Waals surface area contributed by atoms with Gasteiger partial charge in [-0.2, -0.15) is 0 Å². The zero-order chi connectivity index (χ0) is 18.4. The minimum atomic E-state index is -0.726. The topological polar surface area (TPSA) is 131 Å². The highest BCUT2D eigenvalue weighted by molar-refractivity contribution is 5.79. The van der Waals surface area contributed by atoms with Gasteiger partial charge in [-0.15, -0.1) is 0 Å². The van der Waals surface area contributed by atoms with E-state index in [0.29, 0.717) is 12.3 Å². The van der Waals surface area contributed by atoms with E-state index in [1.54, 1.807) is 0 Å². The Hall–Kier alpha value is -1.79. The van der Waals surface area contributed by atoms with E-state index >= 15 is 0 Å². The van der Waals surface area contributed by atoms with Crippen molar-refractivity contribution in [2.24, 2.45) is 34.2 Å². The van der Waals surface area contributed by atoms with Crippen LogP contribution in [0.3, 0.4) is 0 Å². The second-order valence-electron chi connectivity index (χ2n) is 7.77. The highest BCUT2D eigenvalue weighted by Gasteiger charge is 2.31. The van der Waals surface area contributed by atoms with Crippen LogP contribution >= 0.6 is 0 Å². The highest BCUT2D eigenvalue weighted by atomic mass is 16.4. The number of carbonyl (C=O) groups excluding carboxylic acids is 1. The Morgan fingerprint density at radius 3 is 2.44 bits per heavy atom. The van der Waals surface area contributed by atoms with Gasteiger partial charge in [-0.05, 0) is 56.8 Å². The average Bonchev–Trinajstić information content (AvgIpc) is 2.54. The molecule has 0 aromatic carbocycles. The Kier molecular flexibility index (Phi) is 7.08. The number of carboxylic acid groups (broad SMARTS) is 1. The van der Waals surface area contributed by atoms with E-state index < -0.39 is 5.97 Å². The van der Waals surface area contributed by atoms with Gasteiger partial charge in [-0.25, -0.2) is 0 Å². The predicted molar refractivity (Wildman–Crippen MR) is 96.9 cm³/mol. The third-order valence-corrected chi connectivity index (χ3v) is 5.77. The number of nitrogens with two attached hydrogens (primary N) is 2. The van der Waals surface area contributed by atoms with Crippen molar-refractivity contribution in [1.29, 1.82) is 0 Å². The quantitative estimate of drug-likeness (QED) is 0.426. The molecule has 0 aliphatic heterocycles. The molecule has 25 heavy (non-hydrogen) atoms. The van der Waals surface area contributed by atoms with Gasteiger partial charge in [-0.1, -0.05) is 13.3 Å². The van der Waals surface area contributed by atoms with Crippen molar-refractivity contribution in [3.8, 4) is 0 Å². The highest BCUT2D eigenvalue weighted by Crippen LogP contribution is 2.32. The molecule has 142 valence electrons. The average molecular weight is 352 g/mol. The summed E-state index contributed by atoms with van der Waals surface area (Å²) in [5.74, 6) is 0.136. The summed E-state index contributed by atoms with van der Waals surface area (Å²) in [4.78, 5) is 27.6. The van der Waals surface area contributed by atoms with Crippen molar-refractivity contribution in [2.45, 2.75) is 76.8 Å². The molecule has 0 aromatic heterocycles. The van der Waals surface area contributed by atoms with Crippen LogP contribution < -0.4 is 16.8 Å². The van der Waals surface area contributed by atoms with Crippen molar-refractivity contribution in [2.75, 3.05) is 0 Å². The number of aliphatic imine (C=N–C) groups is 1. The summed E-state index contributed by atoms with van der Waals surface area (Å²) in [5.41, 5.74) is 10.9. The molecule has 6 N–H and O–H groups in total. The summed E-state index contributed by atoms with van der Waals surface area (Å²) in [6.45, 7) is 2.02. The van der Waals surface area contributed by atoms with Gasteiger partial charge in [0.15, 0.2) is 5.96 Å². The lowest BCUT2D eigenvalue weighted by molar-refractivity contribution is -0.138. The smallest absolute Gasteiger partial charge is 0.303 e. The molecule has 0 radical (unpaired) electrons. The Morgan fingerprint density at radius 1 is 1.16 bits per heavy atom. The molecule has 1 amide bonds. The van der Waals surface area contributed by atoms with E-state index in [1.807, 2.05) is 6.92 Å². The van der Waals surface area contributed by atoms with Crippen LogP contribution in [0.1, 0.15) is 64.7 Å². The van der Waals surface area contributed by atoms with Crippen LogP contribution in [0.15, 0.2) is 4.99 Å². The number of guanidine groups is 1. The Labute approximate surface area is 149 Å². The monoisotopic (exact) mass is 352 g/mol. The maximum absolute atomic E-state index is 12.6. The van der Waals surface area contributed by atoms with Crippen molar-refractivity contribution in [3.05, 3.63) is 0 Å². The SMILES string of the molecule is CC(CC(=O)O)C1CCC(NC(=O)C2CCCC(N=C(N)N)C2)CC1. The van der Waals surface area contributed by atoms with E-state index in [1.165, 1.54) is 0 Å². The summed E-state index contributed by atoms with van der Waals surface area (Å²) in [5, 5.41) is 12.1. The summed E-state index contributed by atoms with van der Waals surface area (Å²) in [7, 11) is 0. The molecule has 2 fully saturated rings. The van der Waals surface area contributed by atoms with Gasteiger partial charge in [-0.3, -0.25) is 14.6 Å². The minimum absolute atomic E-state index is 0.00879. The first-order valence-electron chi connectivity index (χ1n) is 9.46. The maximum Gasteiger partial charge on any atom is 0.303 e. The lowest BCUT2D eigenvalue weighted by Gasteiger charge is -2.34. The van der Waals surface area contributed by atoms with E-state index in [9.17, 15) is 9.59 Å². The number of aliphatic carboxylic acids is 1. The van der Waals surface area contributed by atoms with E-state index in [4.69, 9.17) is 16.6 Å². The number of rotatable bonds is 6. The zero-order valence-electron chi connectivity index (χ0n) is 15.1. The normalized spacial score (nSPS) is 30.9. The van der Waals surface area contributed by atoms with Crippen LogP contribution in [-0.2, 0) is 9.59 Å². The molecule has 3 atom stereocenters. The Bertz CT molecular complexity index is 497. The Morgan fingerprint density at radius 2 is 1.84 bits per heavy atom. The van der Waals surface area contributed by atoms with Crippen molar-refractivity contribution < 1.29 is 14.7 Å². The zero-order valence-corrected chi connectivity index (χ0v) is 15.1. The standard InChI is InChI=1S/C18H32N4O3/c1-11(9-16(23)24)12-5-7-14(8-6-12)21-17(25)13-3-2-4-15(10-13)22-18(19)20/h11-15H,2-10H2,1H3,(H,21,25)(H,23,24)(H4,19,20,22). The molecule has 3 unspecified atom stereocenters. The van der Waals surface area contributed by atoms with E-state index in [-0.39, 0.29) is 42.2 Å². The summed E-state index contributed by atoms with van der Waals surface area (Å²) in [6.07, 6.45) is 7.60. The van der Waals surface area contributed by atoms with Crippen molar-refractivity contribution >= 4 is 17.8 Å². The van der Waals surface area contributed by atoms with Gasteiger partial charge < -0.3 is 21.9 Å². The van der Waals surface area contributed by atoms with Crippen molar-refractivity contribution in [1.82, 2.24) is 5.32 Å². The van der Waals surface area contributed by atoms with Crippen LogP contribution in [0.4, 0.5) is 0 Å². The summed E-state index contributed by atoms with van der Waals surface area (Å²) >= 11 is 0. The molecule has 0 saturated heterocycles. The number of nitrogens with one attached hydrogen (secondary N) is 1. The molecule has 7 nitrogen and oxygen atoms in total. The van der Waals surface area contributed by atoms with Gasteiger partial charge >= 0.3 is 5.97 Å². The maximum atomic E-state index is 12.6. The van der Waals surface area contributed by atoms with Crippen LogP contribution in [0.5, 0.6) is 0 Å². The molecular weight excluding hydrogens is 320 g/mol. The molecule has 2 saturated carbocycles. The first-order chi connectivity index (χ1) is 11.8. The molecule has 0 spiro atoms. The van der Waals surface area contributed by atoms with Gasteiger partial charge in [0.1, 0.15) is 0 Å². The van der Waals surface area contributed by atoms with Gasteiger partial charge in [0.25, 0.3) is 0 Å². The van der Waals surface area contributed by atoms with Gasteiger partial charge in [0, 0.05) is 18.4 Å². The van der Waals surface area contributed by atoms with Crippen LogP contribution in [0.2, 0.25) is 0 Å². The fourth-order valence-corrected chi connectivity index (χ4v) is 4.32. The molecule has 2 aliphatic rings. The first kappa shape index (κ1) is 19.5. The lowest BCUT2D eigenvalue weighted by atomic mass is 9.77. The Balaban J connectivity index is 1.76. The number of hydrogen-bond donors (Lipinski definition) is 4. The summed E-state index contributed by atoms with van der Waals surface area (Å²) < 4.78 is 0. The van der Waals surface area contributed by atoms with Crippen LogP contribution in [-0.4, -0.2) is 35.0 Å². The molecule has 0 bridgehead atoms. The van der Waals surface area contributed by atoms with Gasteiger partial charge in [0.2, 0.25) is 5.91 Å². The molecule has 2 aliphatic carbocycles. The molecule has 2 rings (SSSR count). The molecule has 7 heteroatoms. The van der Waals surface area contributed by atoms with E-state index in [0.717, 1.165) is 44.9 Å². The number of hydrogen-bond acceptors (Lipinski definition) is 3. The fourth-order valence-electron chi connectivity index (χ4n) is 4.32. The van der Waals surface area contributed by atoms with E-state index in [2.05, 4.69) is 10.3 Å².